The third-order valence-electron chi connectivity index (χ3n) is 1.31. The number of carbonyl (C=O) groups is 1. The van der Waals surface area contributed by atoms with Crippen molar-refractivity contribution in [2.24, 2.45) is 0 Å². The molecule has 0 atom stereocenters. The quantitative estimate of drug-likeness (QED) is 0.673. The maximum absolute atomic E-state index is 10.8. The van der Waals surface area contributed by atoms with E-state index in [-0.39, 0.29) is 5.97 Å². The first-order chi connectivity index (χ1) is 5.33. The van der Waals surface area contributed by atoms with Gasteiger partial charge in [0.2, 0.25) is 0 Å². The van der Waals surface area contributed by atoms with Crippen molar-refractivity contribution in [2.75, 3.05) is 0 Å². The second-order valence-corrected chi connectivity index (χ2v) is 2.56. The Kier molecular flexibility index (Phi) is 3.17. The summed E-state index contributed by atoms with van der Waals surface area (Å²) in [5, 5.41) is 0. The van der Waals surface area contributed by atoms with Crippen molar-refractivity contribution in [1.82, 2.24) is 0 Å². The van der Waals surface area contributed by atoms with Gasteiger partial charge in [-0.25, -0.2) is 0 Å². The molecule has 0 amide bonds. The zero-order valence-corrected chi connectivity index (χ0v) is 8.01. The summed E-state index contributed by atoms with van der Waals surface area (Å²) in [6.07, 6.45) is 0.358. The van der Waals surface area contributed by atoms with Gasteiger partial charge in [0.15, 0.2) is 0 Å². The predicted octanol–water partition coefficient (Wildman–Crippen LogP) is 0.856. The van der Waals surface area contributed by atoms with Crippen LogP contribution in [0.4, 0.5) is 0 Å². The number of hydrogen-bond donors (Lipinski definition) is 0. The molecule has 11 heavy (non-hydrogen) atoms. The molecule has 0 aliphatic rings. The van der Waals surface area contributed by atoms with E-state index >= 15 is 0 Å². The van der Waals surface area contributed by atoms with E-state index in [1.165, 1.54) is 16.9 Å². The summed E-state index contributed by atoms with van der Waals surface area (Å²) in [5.74, 6) is -0.198. The van der Waals surface area contributed by atoms with Gasteiger partial charge in [0.25, 0.3) is 0 Å². The molecule has 0 spiro atoms. The molecule has 0 saturated heterocycles. The average Bonchev–Trinajstić information content (AvgIpc) is 2.06. The van der Waals surface area contributed by atoms with Crippen LogP contribution < -0.4 is 0 Å². The molecule has 2 nitrogen and oxygen atoms in total. The zero-order chi connectivity index (χ0) is 8.10. The molecular weight excluding hydrogens is 201 g/mol. The number of rotatable bonds is 2. The fraction of sp³-hybridized carbons (Fsp3) is 0.125. The molecule has 3 heteroatoms. The van der Waals surface area contributed by atoms with Crippen LogP contribution in [0.25, 0.3) is 0 Å². The molecule has 1 aromatic rings. The van der Waals surface area contributed by atoms with E-state index in [4.69, 9.17) is 0 Å². The molecule has 1 rings (SSSR count). The molecule has 55 valence electrons. The van der Waals surface area contributed by atoms with Crippen LogP contribution in [0, 0.1) is 0 Å². The Morgan fingerprint density at radius 1 is 1.36 bits per heavy atom. The molecule has 0 saturated carbocycles. The minimum absolute atomic E-state index is 0.198. The van der Waals surface area contributed by atoms with Crippen LogP contribution in [0.5, 0.6) is 0 Å². The van der Waals surface area contributed by atoms with Crippen LogP contribution in [-0.2, 0) is 15.0 Å². The van der Waals surface area contributed by atoms with Gasteiger partial charge in [-0.2, -0.15) is 0 Å². The second-order valence-electron chi connectivity index (χ2n) is 2.14. The van der Waals surface area contributed by atoms with Gasteiger partial charge in [-0.05, 0) is 0 Å². The molecule has 1 aromatic carbocycles. The Morgan fingerprint density at radius 2 is 2.00 bits per heavy atom. The number of carbonyl (C=O) groups excluding carboxylic acids is 1. The third-order valence-corrected chi connectivity index (χ3v) is 1.78. The van der Waals surface area contributed by atoms with Crippen LogP contribution in [0.3, 0.4) is 0 Å². The molecule has 0 N–H and O–H groups in total. The van der Waals surface area contributed by atoms with E-state index in [0.29, 0.717) is 6.42 Å². The standard InChI is InChI=1S/C8H7GeO2/c9-11-8(10)6-7-4-2-1-3-5-7/h1-5H,6H2. The van der Waals surface area contributed by atoms with Gasteiger partial charge in [-0.15, -0.1) is 0 Å². The Hall–Kier alpha value is -0.767. The minimum atomic E-state index is -0.198. The summed E-state index contributed by atoms with van der Waals surface area (Å²) in [6.45, 7) is 0. The van der Waals surface area contributed by atoms with Crippen LogP contribution in [0.2, 0.25) is 0 Å². The summed E-state index contributed by atoms with van der Waals surface area (Å²) in [6, 6.07) is 9.52. The van der Waals surface area contributed by atoms with Gasteiger partial charge in [0.05, 0.1) is 0 Å². The molecule has 0 heterocycles. The van der Waals surface area contributed by atoms with Crippen LogP contribution in [0.15, 0.2) is 30.3 Å². The van der Waals surface area contributed by atoms with E-state index in [1.54, 1.807) is 0 Å². The van der Waals surface area contributed by atoms with E-state index in [1.807, 2.05) is 30.3 Å². The normalized spacial score (nSPS) is 9.18. The van der Waals surface area contributed by atoms with Gasteiger partial charge >= 0.3 is 73.7 Å². The molecule has 0 bridgehead atoms. The predicted molar refractivity (Wildman–Crippen MR) is 42.0 cm³/mol. The van der Waals surface area contributed by atoms with Crippen molar-refractivity contribution in [3.05, 3.63) is 35.9 Å². The van der Waals surface area contributed by atoms with Gasteiger partial charge in [-0.1, -0.05) is 0 Å². The number of hydrogen-bond acceptors (Lipinski definition) is 2. The summed E-state index contributed by atoms with van der Waals surface area (Å²) < 4.78 is 4.52. The van der Waals surface area contributed by atoms with Crippen LogP contribution in [0.1, 0.15) is 5.56 Å². The van der Waals surface area contributed by atoms with Crippen molar-refractivity contribution in [1.29, 1.82) is 0 Å². The summed E-state index contributed by atoms with van der Waals surface area (Å²) in [5.41, 5.74) is 0.986. The van der Waals surface area contributed by atoms with Crippen molar-refractivity contribution in [2.45, 2.75) is 6.42 Å². The molecular formula is C8H7GeO2. The fourth-order valence-corrected chi connectivity index (χ4v) is 0.950. The van der Waals surface area contributed by atoms with Crippen LogP contribution in [-0.4, -0.2) is 22.8 Å². The Bertz CT molecular complexity index is 233. The van der Waals surface area contributed by atoms with Crippen molar-refractivity contribution in [3.8, 4) is 0 Å². The molecule has 0 fully saturated rings. The monoisotopic (exact) mass is 209 g/mol. The van der Waals surface area contributed by atoms with Gasteiger partial charge in [0, 0.05) is 0 Å². The average molecular weight is 208 g/mol. The first-order valence-electron chi connectivity index (χ1n) is 3.23. The SMILES string of the molecule is O=C(Cc1ccccc1)[O][Ge]. The zero-order valence-electron chi connectivity index (χ0n) is 5.91. The molecule has 0 aliphatic heterocycles. The third kappa shape index (κ3) is 2.76. The van der Waals surface area contributed by atoms with E-state index in [2.05, 4.69) is 3.76 Å². The summed E-state index contributed by atoms with van der Waals surface area (Å²) >= 11 is 1.39. The first kappa shape index (κ1) is 8.33. The van der Waals surface area contributed by atoms with Crippen LogP contribution >= 0.6 is 0 Å². The molecule has 0 unspecified atom stereocenters. The Labute approximate surface area is 74.1 Å². The molecule has 3 radical (unpaired) electrons. The van der Waals surface area contributed by atoms with Gasteiger partial charge in [0.1, 0.15) is 0 Å². The fourth-order valence-electron chi connectivity index (χ4n) is 0.799. The van der Waals surface area contributed by atoms with Crippen molar-refractivity contribution >= 4 is 22.8 Å². The number of benzene rings is 1. The van der Waals surface area contributed by atoms with E-state index < -0.39 is 0 Å². The van der Waals surface area contributed by atoms with E-state index in [9.17, 15) is 4.79 Å². The van der Waals surface area contributed by atoms with E-state index in [0.717, 1.165) is 5.56 Å². The van der Waals surface area contributed by atoms with Gasteiger partial charge in [-0.3, -0.25) is 0 Å². The summed E-state index contributed by atoms with van der Waals surface area (Å²) in [4.78, 5) is 10.8. The van der Waals surface area contributed by atoms with Gasteiger partial charge < -0.3 is 0 Å². The second kappa shape index (κ2) is 4.18. The summed E-state index contributed by atoms with van der Waals surface area (Å²) in [7, 11) is 0. The first-order valence-corrected chi connectivity index (χ1v) is 4.09. The molecule has 0 aliphatic carbocycles. The Balaban J connectivity index is 2.58. The topological polar surface area (TPSA) is 26.3 Å². The van der Waals surface area contributed by atoms with Crippen molar-refractivity contribution in [3.63, 3.8) is 0 Å². The molecule has 0 aromatic heterocycles. The van der Waals surface area contributed by atoms with Crippen molar-refractivity contribution < 1.29 is 8.56 Å². The maximum atomic E-state index is 10.8. The Morgan fingerprint density at radius 3 is 2.55 bits per heavy atom.